The largest absolute Gasteiger partial charge is 0.455 e. The quantitative estimate of drug-likeness (QED) is 0.614. The van der Waals surface area contributed by atoms with E-state index in [0.717, 1.165) is 16.3 Å². The number of halogens is 3. The summed E-state index contributed by atoms with van der Waals surface area (Å²) >= 11 is 0.858. The molecule has 0 spiro atoms. The third kappa shape index (κ3) is 4.83. The highest BCUT2D eigenvalue weighted by atomic mass is 32.2. The van der Waals surface area contributed by atoms with Crippen LogP contribution in [0.1, 0.15) is 5.82 Å². The average molecular weight is 408 g/mol. The summed E-state index contributed by atoms with van der Waals surface area (Å²) in [7, 11) is 1.20. The van der Waals surface area contributed by atoms with Gasteiger partial charge in [-0.3, -0.25) is 4.79 Å². The highest BCUT2D eigenvalue weighted by molar-refractivity contribution is 7.99. The number of ether oxygens (including phenoxy) is 1. The molecule has 0 unspecified atom stereocenters. The van der Waals surface area contributed by atoms with Gasteiger partial charge in [-0.2, -0.15) is 13.2 Å². The number of carbonyl (C=O) groups excluding carboxylic acids is 1. The van der Waals surface area contributed by atoms with Crippen LogP contribution in [0.3, 0.4) is 0 Å². The zero-order valence-electron chi connectivity index (χ0n) is 14.6. The zero-order valence-corrected chi connectivity index (χ0v) is 15.4. The number of hydrogen-bond donors (Lipinski definition) is 1. The van der Waals surface area contributed by atoms with Crippen LogP contribution in [0.25, 0.3) is 0 Å². The van der Waals surface area contributed by atoms with E-state index < -0.39 is 17.9 Å². The van der Waals surface area contributed by atoms with Crippen LogP contribution < -0.4 is 10.1 Å². The summed E-state index contributed by atoms with van der Waals surface area (Å²) in [5, 5.41) is 9.30. The number of nitrogens with one attached hydrogen (secondary N) is 1. The van der Waals surface area contributed by atoms with Gasteiger partial charge in [0.2, 0.25) is 11.7 Å². The van der Waals surface area contributed by atoms with Gasteiger partial charge in [0.05, 0.1) is 11.4 Å². The van der Waals surface area contributed by atoms with Crippen LogP contribution in [0.15, 0.2) is 59.8 Å². The molecule has 0 bridgehead atoms. The first-order chi connectivity index (χ1) is 13.3. The SMILES string of the molecule is Cn1c(SCC(=O)Nc2ccccc2Oc2ccccc2)nnc1C(F)(F)F. The lowest BCUT2D eigenvalue weighted by Crippen LogP contribution is -2.16. The number of benzene rings is 2. The smallest absolute Gasteiger partial charge is 0.451 e. The van der Waals surface area contributed by atoms with Gasteiger partial charge < -0.3 is 14.6 Å². The molecule has 0 saturated heterocycles. The maximum absolute atomic E-state index is 12.7. The van der Waals surface area contributed by atoms with E-state index in [1.165, 1.54) is 7.05 Å². The first-order valence-electron chi connectivity index (χ1n) is 8.06. The standard InChI is InChI=1S/C18H15F3N4O2S/c1-25-16(18(19,20)21)23-24-17(25)28-11-15(26)22-13-9-5-6-10-14(13)27-12-7-3-2-4-8-12/h2-10H,11H2,1H3,(H,22,26). The van der Waals surface area contributed by atoms with Crippen LogP contribution in [0, 0.1) is 0 Å². The number of anilines is 1. The van der Waals surface area contributed by atoms with Crippen molar-refractivity contribution in [2.45, 2.75) is 11.3 Å². The molecule has 1 N–H and O–H groups in total. The van der Waals surface area contributed by atoms with Gasteiger partial charge in [-0.05, 0) is 24.3 Å². The van der Waals surface area contributed by atoms with Gasteiger partial charge in [0.1, 0.15) is 5.75 Å². The van der Waals surface area contributed by atoms with Crippen molar-refractivity contribution >= 4 is 23.4 Å². The van der Waals surface area contributed by atoms with Crippen molar-refractivity contribution in [3.8, 4) is 11.5 Å². The maximum Gasteiger partial charge on any atom is 0.451 e. The lowest BCUT2D eigenvalue weighted by atomic mass is 10.3. The molecule has 10 heteroatoms. The molecule has 3 rings (SSSR count). The van der Waals surface area contributed by atoms with Crippen LogP contribution >= 0.6 is 11.8 Å². The third-order valence-electron chi connectivity index (χ3n) is 3.55. The van der Waals surface area contributed by atoms with E-state index >= 15 is 0 Å². The summed E-state index contributed by atoms with van der Waals surface area (Å²) in [5.74, 6) is -0.603. The molecular formula is C18H15F3N4O2S. The summed E-state index contributed by atoms with van der Waals surface area (Å²) in [6, 6.07) is 15.9. The van der Waals surface area contributed by atoms with E-state index in [2.05, 4.69) is 15.5 Å². The molecule has 146 valence electrons. The van der Waals surface area contributed by atoms with E-state index in [4.69, 9.17) is 4.74 Å². The number of alkyl halides is 3. The molecule has 1 amide bonds. The minimum absolute atomic E-state index is 0.00343. The Kier molecular flexibility index (Phi) is 5.88. The molecule has 1 heterocycles. The molecule has 0 aliphatic heterocycles. The van der Waals surface area contributed by atoms with Crippen LogP contribution in [0.4, 0.5) is 18.9 Å². The Morgan fingerprint density at radius 2 is 1.79 bits per heavy atom. The van der Waals surface area contributed by atoms with Gasteiger partial charge >= 0.3 is 6.18 Å². The molecule has 3 aromatic rings. The van der Waals surface area contributed by atoms with Crippen molar-refractivity contribution in [2.75, 3.05) is 11.1 Å². The molecule has 0 atom stereocenters. The zero-order chi connectivity index (χ0) is 20.1. The number of aromatic nitrogens is 3. The van der Waals surface area contributed by atoms with E-state index in [0.29, 0.717) is 17.2 Å². The summed E-state index contributed by atoms with van der Waals surface area (Å²) < 4.78 is 44.8. The van der Waals surface area contributed by atoms with Gasteiger partial charge in [-0.25, -0.2) is 0 Å². The molecule has 2 aromatic carbocycles. The Morgan fingerprint density at radius 3 is 2.46 bits per heavy atom. The normalized spacial score (nSPS) is 11.3. The molecular weight excluding hydrogens is 393 g/mol. The first kappa shape index (κ1) is 19.7. The minimum Gasteiger partial charge on any atom is -0.455 e. The minimum atomic E-state index is -4.60. The van der Waals surface area contributed by atoms with Gasteiger partial charge in [-0.15, -0.1) is 10.2 Å². The number of para-hydroxylation sites is 3. The molecule has 0 aliphatic rings. The second-order valence-corrected chi connectivity index (χ2v) is 6.55. The van der Waals surface area contributed by atoms with E-state index in [1.807, 2.05) is 18.2 Å². The highest BCUT2D eigenvalue weighted by Crippen LogP contribution is 2.31. The highest BCUT2D eigenvalue weighted by Gasteiger charge is 2.37. The molecule has 1 aromatic heterocycles. The lowest BCUT2D eigenvalue weighted by molar-refractivity contribution is -0.147. The molecule has 0 radical (unpaired) electrons. The van der Waals surface area contributed by atoms with Crippen molar-refractivity contribution in [3.63, 3.8) is 0 Å². The van der Waals surface area contributed by atoms with Crippen LogP contribution in [0.2, 0.25) is 0 Å². The van der Waals surface area contributed by atoms with Crippen molar-refractivity contribution in [2.24, 2.45) is 7.05 Å². The summed E-state index contributed by atoms with van der Waals surface area (Å²) in [4.78, 5) is 12.2. The fourth-order valence-corrected chi connectivity index (χ4v) is 2.99. The monoisotopic (exact) mass is 408 g/mol. The van der Waals surface area contributed by atoms with Crippen molar-refractivity contribution in [1.82, 2.24) is 14.8 Å². The summed E-state index contributed by atoms with van der Waals surface area (Å²) in [5.41, 5.74) is 0.450. The predicted octanol–water partition coefficient (Wildman–Crippen LogP) is 4.36. The molecule has 0 aliphatic carbocycles. The Morgan fingerprint density at radius 1 is 1.11 bits per heavy atom. The van der Waals surface area contributed by atoms with Crippen molar-refractivity contribution < 1.29 is 22.7 Å². The summed E-state index contributed by atoms with van der Waals surface area (Å²) in [6.07, 6.45) is -4.60. The van der Waals surface area contributed by atoms with Gasteiger partial charge in [0.25, 0.3) is 0 Å². The second-order valence-electron chi connectivity index (χ2n) is 5.61. The topological polar surface area (TPSA) is 69.0 Å². The molecule has 28 heavy (non-hydrogen) atoms. The van der Waals surface area contributed by atoms with E-state index in [-0.39, 0.29) is 10.9 Å². The number of rotatable bonds is 6. The van der Waals surface area contributed by atoms with E-state index in [1.54, 1.807) is 36.4 Å². The number of carbonyl (C=O) groups is 1. The number of thioether (sulfide) groups is 1. The molecule has 6 nitrogen and oxygen atoms in total. The Hall–Kier alpha value is -3.01. The van der Waals surface area contributed by atoms with Crippen LogP contribution in [-0.2, 0) is 18.0 Å². The van der Waals surface area contributed by atoms with Crippen molar-refractivity contribution in [1.29, 1.82) is 0 Å². The predicted molar refractivity (Wildman–Crippen MR) is 98.3 cm³/mol. The maximum atomic E-state index is 12.7. The Balaban J connectivity index is 1.64. The van der Waals surface area contributed by atoms with Crippen LogP contribution in [0.5, 0.6) is 11.5 Å². The fraction of sp³-hybridized carbons (Fsp3) is 0.167. The summed E-state index contributed by atoms with van der Waals surface area (Å²) in [6.45, 7) is 0. The Labute approximate surface area is 162 Å². The van der Waals surface area contributed by atoms with Gasteiger partial charge in [0, 0.05) is 7.05 Å². The first-order valence-corrected chi connectivity index (χ1v) is 9.04. The molecule has 0 saturated carbocycles. The number of hydrogen-bond acceptors (Lipinski definition) is 5. The fourth-order valence-electron chi connectivity index (χ4n) is 2.28. The van der Waals surface area contributed by atoms with Crippen molar-refractivity contribution in [3.05, 3.63) is 60.4 Å². The Bertz CT molecular complexity index is 961. The van der Waals surface area contributed by atoms with E-state index in [9.17, 15) is 18.0 Å². The average Bonchev–Trinajstić information content (AvgIpc) is 3.03. The molecule has 0 fully saturated rings. The second kappa shape index (κ2) is 8.34. The van der Waals surface area contributed by atoms with Crippen LogP contribution in [-0.4, -0.2) is 26.4 Å². The van der Waals surface area contributed by atoms with Gasteiger partial charge in [-0.1, -0.05) is 42.1 Å². The number of nitrogens with zero attached hydrogens (tertiary/aromatic N) is 3. The third-order valence-corrected chi connectivity index (χ3v) is 4.57. The number of amides is 1. The lowest BCUT2D eigenvalue weighted by Gasteiger charge is -2.12. The van der Waals surface area contributed by atoms with Gasteiger partial charge in [0.15, 0.2) is 10.9 Å².